The highest BCUT2D eigenvalue weighted by Gasteiger charge is 2.16. The van der Waals surface area contributed by atoms with E-state index >= 15 is 0 Å². The van der Waals surface area contributed by atoms with Gasteiger partial charge in [-0.15, -0.1) is 11.3 Å². The van der Waals surface area contributed by atoms with Crippen molar-refractivity contribution in [2.45, 2.75) is 30.4 Å². The highest BCUT2D eigenvalue weighted by molar-refractivity contribution is 7.94. The molecule has 2 rings (SSSR count). The molecule has 1 heterocycles. The molecule has 2 aromatic rings. The van der Waals surface area contributed by atoms with Crippen molar-refractivity contribution in [3.8, 4) is 0 Å². The molecular formula is C14H16ClNO2S2. The third kappa shape index (κ3) is 3.53. The first kappa shape index (κ1) is 15.4. The van der Waals surface area contributed by atoms with Gasteiger partial charge in [0, 0.05) is 5.69 Å². The molecule has 0 unspecified atom stereocenters. The molecule has 108 valence electrons. The van der Waals surface area contributed by atoms with E-state index in [1.165, 1.54) is 11.6 Å². The first-order valence-electron chi connectivity index (χ1n) is 6.30. The van der Waals surface area contributed by atoms with E-state index in [0.717, 1.165) is 17.8 Å². The lowest BCUT2D eigenvalue weighted by atomic mass is 9.99. The number of rotatable bonds is 5. The molecule has 0 amide bonds. The van der Waals surface area contributed by atoms with Crippen molar-refractivity contribution in [2.75, 3.05) is 4.72 Å². The number of thiophene rings is 1. The van der Waals surface area contributed by atoms with Crippen molar-refractivity contribution in [1.29, 1.82) is 0 Å². The van der Waals surface area contributed by atoms with Crippen molar-refractivity contribution in [3.63, 3.8) is 0 Å². The van der Waals surface area contributed by atoms with Gasteiger partial charge in [0.2, 0.25) is 0 Å². The Labute approximate surface area is 128 Å². The molecule has 1 N–H and O–H groups in total. The molecule has 0 bridgehead atoms. The van der Waals surface area contributed by atoms with Crippen LogP contribution in [0.2, 0.25) is 4.34 Å². The van der Waals surface area contributed by atoms with E-state index in [4.69, 9.17) is 11.6 Å². The van der Waals surface area contributed by atoms with Gasteiger partial charge in [-0.05, 0) is 42.2 Å². The Morgan fingerprint density at radius 1 is 1.20 bits per heavy atom. The zero-order valence-electron chi connectivity index (χ0n) is 11.3. The minimum atomic E-state index is -3.55. The van der Waals surface area contributed by atoms with Crippen LogP contribution in [0.25, 0.3) is 0 Å². The first-order chi connectivity index (χ1) is 9.42. The van der Waals surface area contributed by atoms with Crippen LogP contribution >= 0.6 is 22.9 Å². The Hall–Kier alpha value is -1.04. The Kier molecular flexibility index (Phi) is 4.73. The van der Waals surface area contributed by atoms with E-state index in [2.05, 4.69) is 18.6 Å². The van der Waals surface area contributed by atoms with Crippen molar-refractivity contribution in [1.82, 2.24) is 0 Å². The van der Waals surface area contributed by atoms with Crippen molar-refractivity contribution in [2.24, 2.45) is 0 Å². The molecule has 0 radical (unpaired) electrons. The number of anilines is 1. The molecule has 3 nitrogen and oxygen atoms in total. The molecular weight excluding hydrogens is 314 g/mol. The summed E-state index contributed by atoms with van der Waals surface area (Å²) >= 11 is 6.81. The molecule has 0 aliphatic heterocycles. The maximum atomic E-state index is 12.1. The van der Waals surface area contributed by atoms with Crippen LogP contribution in [0.5, 0.6) is 0 Å². The van der Waals surface area contributed by atoms with Crippen LogP contribution in [-0.2, 0) is 10.0 Å². The Bertz CT molecular complexity index is 677. The van der Waals surface area contributed by atoms with Crippen LogP contribution in [0.4, 0.5) is 5.69 Å². The molecule has 20 heavy (non-hydrogen) atoms. The SMILES string of the molecule is CC[C@@H](C)c1ccc(NS(=O)(=O)c2ccc(Cl)s2)cc1. The molecule has 0 saturated carbocycles. The average Bonchev–Trinajstić information content (AvgIpc) is 2.86. The van der Waals surface area contributed by atoms with Gasteiger partial charge in [0.15, 0.2) is 0 Å². The fourth-order valence-electron chi connectivity index (χ4n) is 1.76. The van der Waals surface area contributed by atoms with E-state index in [1.807, 2.05) is 12.1 Å². The number of sulfonamides is 1. The second-order valence-electron chi connectivity index (χ2n) is 4.60. The number of hydrogen-bond donors (Lipinski definition) is 1. The highest BCUT2D eigenvalue weighted by Crippen LogP contribution is 2.28. The van der Waals surface area contributed by atoms with E-state index < -0.39 is 10.0 Å². The Balaban J connectivity index is 2.18. The van der Waals surface area contributed by atoms with Gasteiger partial charge in [-0.25, -0.2) is 8.42 Å². The van der Waals surface area contributed by atoms with E-state index in [0.29, 0.717) is 15.9 Å². The molecule has 6 heteroatoms. The summed E-state index contributed by atoms with van der Waals surface area (Å²) in [6.07, 6.45) is 1.05. The van der Waals surface area contributed by atoms with Gasteiger partial charge in [0.05, 0.1) is 4.34 Å². The molecule has 1 atom stereocenters. The predicted molar refractivity (Wildman–Crippen MR) is 85.3 cm³/mol. The van der Waals surface area contributed by atoms with Crippen molar-refractivity contribution in [3.05, 3.63) is 46.3 Å². The fraction of sp³-hybridized carbons (Fsp3) is 0.286. The van der Waals surface area contributed by atoms with Crippen LogP contribution < -0.4 is 4.72 Å². The van der Waals surface area contributed by atoms with Gasteiger partial charge in [-0.1, -0.05) is 37.6 Å². The van der Waals surface area contributed by atoms with Crippen molar-refractivity contribution < 1.29 is 8.42 Å². The second kappa shape index (κ2) is 6.16. The lowest BCUT2D eigenvalue weighted by Gasteiger charge is -2.10. The Morgan fingerprint density at radius 3 is 2.35 bits per heavy atom. The van der Waals surface area contributed by atoms with E-state index in [-0.39, 0.29) is 4.21 Å². The van der Waals surface area contributed by atoms with Gasteiger partial charge in [0.1, 0.15) is 4.21 Å². The summed E-state index contributed by atoms with van der Waals surface area (Å²) in [4.78, 5) is 0. The zero-order valence-corrected chi connectivity index (χ0v) is 13.6. The zero-order chi connectivity index (χ0) is 14.8. The monoisotopic (exact) mass is 329 g/mol. The molecule has 0 aliphatic carbocycles. The van der Waals surface area contributed by atoms with E-state index in [1.54, 1.807) is 18.2 Å². The van der Waals surface area contributed by atoms with Crippen LogP contribution in [0.1, 0.15) is 31.7 Å². The lowest BCUT2D eigenvalue weighted by molar-refractivity contribution is 0.603. The van der Waals surface area contributed by atoms with Crippen LogP contribution in [0.3, 0.4) is 0 Å². The number of halogens is 1. The average molecular weight is 330 g/mol. The van der Waals surface area contributed by atoms with Gasteiger partial charge >= 0.3 is 0 Å². The topological polar surface area (TPSA) is 46.2 Å². The summed E-state index contributed by atoms with van der Waals surface area (Å²) in [6, 6.07) is 10.6. The third-order valence-corrected chi connectivity index (χ3v) is 6.26. The predicted octanol–water partition coefficient (Wildman–Crippen LogP) is 4.72. The summed E-state index contributed by atoms with van der Waals surface area (Å²) < 4.78 is 27.5. The summed E-state index contributed by atoms with van der Waals surface area (Å²) in [5.41, 5.74) is 1.76. The van der Waals surface area contributed by atoms with Crippen molar-refractivity contribution >= 4 is 38.6 Å². The minimum Gasteiger partial charge on any atom is -0.279 e. The molecule has 1 aromatic carbocycles. The molecule has 1 aromatic heterocycles. The summed E-state index contributed by atoms with van der Waals surface area (Å²) in [5.74, 6) is 0.469. The lowest BCUT2D eigenvalue weighted by Crippen LogP contribution is -2.11. The van der Waals surface area contributed by atoms with Gasteiger partial charge in [0.25, 0.3) is 10.0 Å². The van der Waals surface area contributed by atoms with Crippen LogP contribution in [0, 0.1) is 0 Å². The maximum Gasteiger partial charge on any atom is 0.271 e. The summed E-state index contributed by atoms with van der Waals surface area (Å²) in [5, 5.41) is 0. The van der Waals surface area contributed by atoms with Crippen LogP contribution in [0.15, 0.2) is 40.6 Å². The first-order valence-corrected chi connectivity index (χ1v) is 8.98. The summed E-state index contributed by atoms with van der Waals surface area (Å²) in [7, 11) is -3.55. The number of nitrogens with one attached hydrogen (secondary N) is 1. The largest absolute Gasteiger partial charge is 0.279 e. The Morgan fingerprint density at radius 2 is 1.85 bits per heavy atom. The van der Waals surface area contributed by atoms with Gasteiger partial charge in [-0.2, -0.15) is 0 Å². The molecule has 0 saturated heterocycles. The minimum absolute atomic E-state index is 0.216. The smallest absolute Gasteiger partial charge is 0.271 e. The maximum absolute atomic E-state index is 12.1. The van der Waals surface area contributed by atoms with Gasteiger partial charge < -0.3 is 0 Å². The standard InChI is InChI=1S/C14H16ClNO2S2/c1-3-10(2)11-4-6-12(7-5-11)16-20(17,18)14-9-8-13(15)19-14/h4-10,16H,3H2,1-2H3/t10-/m1/s1. The van der Waals surface area contributed by atoms with Crippen LogP contribution in [-0.4, -0.2) is 8.42 Å². The fourth-order valence-corrected chi connectivity index (χ4v) is 4.30. The normalized spacial score (nSPS) is 13.2. The third-order valence-electron chi connectivity index (χ3n) is 3.16. The highest BCUT2D eigenvalue weighted by atomic mass is 35.5. The second-order valence-corrected chi connectivity index (χ2v) is 8.22. The number of hydrogen-bond acceptors (Lipinski definition) is 3. The van der Waals surface area contributed by atoms with Gasteiger partial charge in [-0.3, -0.25) is 4.72 Å². The molecule has 0 fully saturated rings. The van der Waals surface area contributed by atoms with E-state index in [9.17, 15) is 8.42 Å². The number of benzene rings is 1. The quantitative estimate of drug-likeness (QED) is 0.863. The summed E-state index contributed by atoms with van der Waals surface area (Å²) in [6.45, 7) is 4.27. The molecule has 0 aliphatic rings. The molecule has 0 spiro atoms.